The first-order chi connectivity index (χ1) is 16.8. The average molecular weight is 503 g/mol. The highest BCUT2D eigenvalue weighted by molar-refractivity contribution is 5.99. The second-order valence-corrected chi connectivity index (χ2v) is 12.5. The molecule has 8 heteroatoms. The van der Waals surface area contributed by atoms with E-state index in [0.717, 1.165) is 12.8 Å². The van der Waals surface area contributed by atoms with Gasteiger partial charge in [0.2, 0.25) is 11.8 Å². The molecule has 4 aliphatic rings. The average Bonchev–Trinajstić information content (AvgIpc) is 3.13. The Morgan fingerprint density at radius 2 is 1.78 bits per heavy atom. The van der Waals surface area contributed by atoms with Crippen LogP contribution in [0.15, 0.2) is 24.3 Å². The summed E-state index contributed by atoms with van der Waals surface area (Å²) in [4.78, 5) is 45.1. The minimum Gasteiger partial charge on any atom is -0.465 e. The minimum atomic E-state index is -1.32. The van der Waals surface area contributed by atoms with Gasteiger partial charge in [-0.3, -0.25) is 14.4 Å². The third-order valence-electron chi connectivity index (χ3n) is 8.17. The lowest BCUT2D eigenvalue weighted by molar-refractivity contribution is -0.162. The fourth-order valence-corrected chi connectivity index (χ4v) is 7.16. The second kappa shape index (κ2) is 9.28. The first kappa shape index (κ1) is 26.9. The zero-order valence-corrected chi connectivity index (χ0v) is 22.6. The molecule has 5 atom stereocenters. The number of β-amino-alcohol motifs (C(OH)–C–C–N with tert-alkyl or cyclic N) is 1. The van der Waals surface area contributed by atoms with Crippen LogP contribution in [0.2, 0.25) is 0 Å². The van der Waals surface area contributed by atoms with Gasteiger partial charge in [-0.1, -0.05) is 52.0 Å². The molecule has 4 aliphatic heterocycles. The van der Waals surface area contributed by atoms with Gasteiger partial charge >= 0.3 is 5.97 Å². The number of fused-ring (bicyclic) bond motifs is 2. The lowest BCUT2D eigenvalue weighted by Crippen LogP contribution is -2.60. The molecule has 0 aromatic heterocycles. The molecule has 8 nitrogen and oxygen atoms in total. The highest BCUT2D eigenvalue weighted by Gasteiger charge is 2.75. The number of hydrogen-bond donors (Lipinski definition) is 1. The molecule has 0 aromatic carbocycles. The summed E-state index contributed by atoms with van der Waals surface area (Å²) in [6.45, 7) is 12.8. The summed E-state index contributed by atoms with van der Waals surface area (Å²) in [7, 11) is 0. The van der Waals surface area contributed by atoms with E-state index in [0.29, 0.717) is 19.4 Å². The number of ether oxygens (including phenoxy) is 2. The molecule has 200 valence electrons. The number of esters is 1. The van der Waals surface area contributed by atoms with Crippen LogP contribution < -0.4 is 0 Å². The molecule has 1 spiro atoms. The summed E-state index contributed by atoms with van der Waals surface area (Å²) < 4.78 is 12.5. The molecule has 1 N–H and O–H groups in total. The van der Waals surface area contributed by atoms with Crippen LogP contribution in [0.3, 0.4) is 0 Å². The van der Waals surface area contributed by atoms with Crippen LogP contribution in [0.5, 0.6) is 0 Å². The van der Waals surface area contributed by atoms with Gasteiger partial charge in [0.15, 0.2) is 0 Å². The monoisotopic (exact) mass is 502 g/mol. The third-order valence-corrected chi connectivity index (χ3v) is 8.17. The summed E-state index contributed by atoms with van der Waals surface area (Å²) in [5.41, 5.74) is -2.88. The number of amides is 2. The van der Waals surface area contributed by atoms with Crippen molar-refractivity contribution in [2.75, 3.05) is 26.3 Å². The van der Waals surface area contributed by atoms with Crippen LogP contribution in [0.4, 0.5) is 0 Å². The molecule has 0 radical (unpaired) electrons. The molecule has 36 heavy (non-hydrogen) atoms. The van der Waals surface area contributed by atoms with Crippen LogP contribution in [-0.2, 0) is 23.9 Å². The zero-order chi connectivity index (χ0) is 26.5. The molecule has 2 amide bonds. The number of hydrogen-bond acceptors (Lipinski definition) is 6. The van der Waals surface area contributed by atoms with Crippen molar-refractivity contribution in [1.82, 2.24) is 9.80 Å². The van der Waals surface area contributed by atoms with Gasteiger partial charge in [0.05, 0.1) is 19.1 Å². The molecular formula is C28H42N2O6. The largest absolute Gasteiger partial charge is 0.465 e. The van der Waals surface area contributed by atoms with Crippen LogP contribution in [-0.4, -0.2) is 81.8 Å². The lowest BCUT2D eigenvalue weighted by atomic mass is 9.73. The molecule has 4 rings (SSSR count). The van der Waals surface area contributed by atoms with Gasteiger partial charge < -0.3 is 24.4 Å². The van der Waals surface area contributed by atoms with Gasteiger partial charge in [0, 0.05) is 18.6 Å². The van der Waals surface area contributed by atoms with Crippen molar-refractivity contribution in [3.05, 3.63) is 24.3 Å². The van der Waals surface area contributed by atoms with Gasteiger partial charge in [-0.05, 0) is 44.9 Å². The summed E-state index contributed by atoms with van der Waals surface area (Å²) in [6.07, 6.45) is 10.3. The summed E-state index contributed by atoms with van der Waals surface area (Å²) in [5.74, 6) is -2.79. The normalized spacial score (nSPS) is 35.9. The fraction of sp³-hybridized carbons (Fsp3) is 0.750. The minimum absolute atomic E-state index is 0.00500. The molecule has 4 heterocycles. The van der Waals surface area contributed by atoms with Gasteiger partial charge in [0.25, 0.3) is 0 Å². The predicted octanol–water partition coefficient (Wildman–Crippen LogP) is 2.85. The maximum atomic E-state index is 14.4. The number of likely N-dealkylation sites (tertiary alicyclic amines) is 1. The van der Waals surface area contributed by atoms with E-state index in [1.54, 1.807) is 0 Å². The van der Waals surface area contributed by atoms with E-state index in [-0.39, 0.29) is 37.0 Å². The first-order valence-corrected chi connectivity index (χ1v) is 13.3. The molecule has 2 saturated heterocycles. The van der Waals surface area contributed by atoms with Crippen molar-refractivity contribution in [3.63, 3.8) is 0 Å². The Hall–Kier alpha value is -2.19. The third kappa shape index (κ3) is 4.20. The smallest absolute Gasteiger partial charge is 0.313 e. The van der Waals surface area contributed by atoms with E-state index in [1.165, 1.54) is 4.90 Å². The van der Waals surface area contributed by atoms with Gasteiger partial charge in [-0.15, -0.1) is 0 Å². The topological polar surface area (TPSA) is 96.4 Å². The Balaban J connectivity index is 1.86. The number of carbonyl (C=O) groups excluding carboxylic acids is 3. The quantitative estimate of drug-likeness (QED) is 0.459. The molecule has 0 aliphatic carbocycles. The van der Waals surface area contributed by atoms with Gasteiger partial charge in [-0.2, -0.15) is 0 Å². The first-order valence-electron chi connectivity index (χ1n) is 13.3. The second-order valence-electron chi connectivity index (χ2n) is 12.5. The van der Waals surface area contributed by atoms with Crippen LogP contribution in [0, 0.1) is 17.3 Å². The lowest BCUT2D eigenvalue weighted by Gasteiger charge is -2.45. The molecule has 0 bridgehead atoms. The van der Waals surface area contributed by atoms with Gasteiger partial charge in [-0.25, -0.2) is 0 Å². The summed E-state index contributed by atoms with van der Waals surface area (Å²) in [5, 5.41) is 9.85. The zero-order valence-electron chi connectivity index (χ0n) is 22.6. The Morgan fingerprint density at radius 1 is 1.06 bits per heavy atom. The highest BCUT2D eigenvalue weighted by atomic mass is 16.6. The van der Waals surface area contributed by atoms with E-state index in [2.05, 4.69) is 20.8 Å². The van der Waals surface area contributed by atoms with Crippen LogP contribution in [0.25, 0.3) is 0 Å². The molecular weight excluding hydrogens is 460 g/mol. The van der Waals surface area contributed by atoms with Gasteiger partial charge in [0.1, 0.15) is 23.2 Å². The Morgan fingerprint density at radius 3 is 2.42 bits per heavy atom. The number of cyclic esters (lactones) is 1. The Labute approximate surface area is 214 Å². The maximum Gasteiger partial charge on any atom is 0.313 e. The standard InChI is InChI=1S/C28H42N2O6/c1-7-27-12-9-8-10-17-35-24(34)20(27)19-22(32)29(15-16-31)21-23(33)30(14-11-13-28(19,21)36-27)26(5,6)18-25(2,3)4/h9,11-13,19-21,31H,7-8,10,14-18H2,1-6H3/b12-9-/t19-,20+,21?,27-,28-/m0/s1. The number of nitrogens with zero attached hydrogens (tertiary/aromatic N) is 2. The number of aliphatic hydroxyl groups is 1. The number of carbonyl (C=O) groups is 3. The summed E-state index contributed by atoms with van der Waals surface area (Å²) in [6, 6.07) is -0.972. The maximum absolute atomic E-state index is 14.4. The van der Waals surface area contributed by atoms with E-state index in [4.69, 9.17) is 9.47 Å². The highest BCUT2D eigenvalue weighted by Crippen LogP contribution is 2.58. The van der Waals surface area contributed by atoms with Crippen molar-refractivity contribution in [1.29, 1.82) is 0 Å². The Bertz CT molecular complexity index is 966. The number of aliphatic hydroxyl groups excluding tert-OH is 1. The fourth-order valence-electron chi connectivity index (χ4n) is 7.16. The molecule has 1 unspecified atom stereocenters. The van der Waals surface area contributed by atoms with E-state index >= 15 is 0 Å². The van der Waals surface area contributed by atoms with Crippen molar-refractivity contribution in [2.45, 2.75) is 90.0 Å². The molecule has 0 aromatic rings. The molecule has 2 fully saturated rings. The van der Waals surface area contributed by atoms with Crippen molar-refractivity contribution in [3.8, 4) is 0 Å². The molecule has 0 saturated carbocycles. The van der Waals surface area contributed by atoms with Crippen molar-refractivity contribution < 1.29 is 29.0 Å². The SMILES string of the molecule is CC[C@]12/C=C\CCCOC(=O)[C@H]1[C@H]1C(=O)N(CCO)C3C(=O)N(C(C)(C)CC(C)(C)C)CC=C[C@@]31O2. The Kier molecular flexibility index (Phi) is 6.92. The number of rotatable bonds is 5. The van der Waals surface area contributed by atoms with Crippen molar-refractivity contribution in [2.24, 2.45) is 17.3 Å². The van der Waals surface area contributed by atoms with Crippen molar-refractivity contribution >= 4 is 17.8 Å². The van der Waals surface area contributed by atoms with Crippen LogP contribution in [0.1, 0.15) is 67.2 Å². The number of allylic oxidation sites excluding steroid dienone is 1. The van der Waals surface area contributed by atoms with E-state index in [9.17, 15) is 19.5 Å². The summed E-state index contributed by atoms with van der Waals surface area (Å²) >= 11 is 0. The predicted molar refractivity (Wildman–Crippen MR) is 135 cm³/mol. The van der Waals surface area contributed by atoms with Crippen LogP contribution >= 0.6 is 0 Å². The van der Waals surface area contributed by atoms with E-state index < -0.39 is 40.6 Å². The van der Waals surface area contributed by atoms with E-state index in [1.807, 2.05) is 50.0 Å².